The van der Waals surface area contributed by atoms with Gasteiger partial charge in [-0.05, 0) is 54.1 Å². The molecule has 3 aromatic carbocycles. The van der Waals surface area contributed by atoms with Crippen LogP contribution in [0.5, 0.6) is 17.2 Å². The summed E-state index contributed by atoms with van der Waals surface area (Å²) in [6.07, 6.45) is 0. The quantitative estimate of drug-likeness (QED) is 0.302. The minimum absolute atomic E-state index is 0.0168. The van der Waals surface area contributed by atoms with Gasteiger partial charge in [0.25, 0.3) is 11.7 Å². The Morgan fingerprint density at radius 3 is 2.26 bits per heavy atom. The summed E-state index contributed by atoms with van der Waals surface area (Å²) in [6.45, 7) is 0.432. The molecule has 1 aliphatic rings. The van der Waals surface area contributed by atoms with Gasteiger partial charge in [0.05, 0.1) is 25.3 Å². The zero-order valence-electron chi connectivity index (χ0n) is 18.9. The van der Waals surface area contributed by atoms with Crippen molar-refractivity contribution in [1.82, 2.24) is 4.90 Å². The van der Waals surface area contributed by atoms with Gasteiger partial charge >= 0.3 is 0 Å². The van der Waals surface area contributed by atoms with E-state index in [-0.39, 0.29) is 24.5 Å². The first-order chi connectivity index (χ1) is 16.5. The van der Waals surface area contributed by atoms with Crippen molar-refractivity contribution >= 4 is 17.4 Å². The van der Waals surface area contributed by atoms with Gasteiger partial charge in [-0.1, -0.05) is 30.3 Å². The predicted octanol–water partition coefficient (Wildman–Crippen LogP) is 4.56. The smallest absolute Gasteiger partial charge is 0.295 e. The molecule has 0 spiro atoms. The van der Waals surface area contributed by atoms with E-state index in [1.54, 1.807) is 55.6 Å². The van der Waals surface area contributed by atoms with E-state index in [9.17, 15) is 14.7 Å². The first kappa shape index (κ1) is 23.1. The summed E-state index contributed by atoms with van der Waals surface area (Å²) >= 11 is 0. The molecule has 1 amide bonds. The van der Waals surface area contributed by atoms with Crippen LogP contribution in [-0.2, 0) is 14.3 Å². The number of carbonyl (C=O) groups excluding carboxylic acids is 2. The average Bonchev–Trinajstić information content (AvgIpc) is 3.12. The van der Waals surface area contributed by atoms with E-state index < -0.39 is 17.7 Å². The van der Waals surface area contributed by atoms with Crippen molar-refractivity contribution in [2.24, 2.45) is 0 Å². The standard InChI is InChI=1S/C27H25NO6/c1-32-16-15-28-24(19-7-6-10-22(17-19)34-21-8-4-3-5-9-21)23(26(30)27(28)31)25(29)18-11-13-20(33-2)14-12-18/h3-14,17,24,29H,15-16H2,1-2H3/b25-23+/t24-/m1/s1. The number of ether oxygens (including phenoxy) is 3. The number of Topliss-reactive ketones (excluding diaryl/α,β-unsaturated/α-hetero) is 1. The molecule has 1 heterocycles. The zero-order valence-corrected chi connectivity index (χ0v) is 18.9. The summed E-state index contributed by atoms with van der Waals surface area (Å²) in [7, 11) is 3.07. The molecular formula is C27H25NO6. The number of likely N-dealkylation sites (tertiary alicyclic amines) is 1. The van der Waals surface area contributed by atoms with Crippen LogP contribution in [0.1, 0.15) is 17.2 Å². The normalized spacial score (nSPS) is 17.1. The summed E-state index contributed by atoms with van der Waals surface area (Å²) in [5.74, 6) is 0.131. The van der Waals surface area contributed by atoms with Gasteiger partial charge in [-0.2, -0.15) is 0 Å². The molecule has 1 saturated heterocycles. The molecule has 1 N–H and O–H groups in total. The van der Waals surface area contributed by atoms with Crippen LogP contribution in [0.4, 0.5) is 0 Å². The van der Waals surface area contributed by atoms with Crippen LogP contribution in [0.25, 0.3) is 5.76 Å². The SMILES string of the molecule is COCCN1C(=O)C(=O)/C(=C(/O)c2ccc(OC)cc2)[C@H]1c1cccc(Oc2ccccc2)c1. The van der Waals surface area contributed by atoms with E-state index in [0.29, 0.717) is 28.4 Å². The lowest BCUT2D eigenvalue weighted by Gasteiger charge is -2.25. The molecule has 0 saturated carbocycles. The molecule has 0 bridgehead atoms. The fourth-order valence-electron chi connectivity index (χ4n) is 3.92. The third-order valence-corrected chi connectivity index (χ3v) is 5.59. The number of ketones is 1. The highest BCUT2D eigenvalue weighted by molar-refractivity contribution is 6.46. The van der Waals surface area contributed by atoms with Crippen LogP contribution in [0, 0.1) is 0 Å². The van der Waals surface area contributed by atoms with Crippen LogP contribution < -0.4 is 9.47 Å². The number of nitrogens with zero attached hydrogens (tertiary/aromatic N) is 1. The molecule has 7 nitrogen and oxygen atoms in total. The summed E-state index contributed by atoms with van der Waals surface area (Å²) in [5, 5.41) is 11.1. The molecule has 7 heteroatoms. The molecule has 1 atom stereocenters. The first-order valence-corrected chi connectivity index (χ1v) is 10.8. The highest BCUT2D eigenvalue weighted by Crippen LogP contribution is 2.40. The molecule has 3 aromatic rings. The molecule has 174 valence electrons. The minimum Gasteiger partial charge on any atom is -0.507 e. The Hall–Kier alpha value is -4.10. The number of aliphatic hydroxyl groups is 1. The van der Waals surface area contributed by atoms with E-state index in [1.165, 1.54) is 12.0 Å². The van der Waals surface area contributed by atoms with Crippen molar-refractivity contribution in [1.29, 1.82) is 0 Å². The van der Waals surface area contributed by atoms with Crippen molar-refractivity contribution in [3.05, 3.63) is 95.6 Å². The minimum atomic E-state index is -0.795. The number of amides is 1. The van der Waals surface area contributed by atoms with E-state index >= 15 is 0 Å². The first-order valence-electron chi connectivity index (χ1n) is 10.8. The molecule has 0 radical (unpaired) electrons. The lowest BCUT2D eigenvalue weighted by Crippen LogP contribution is -2.32. The molecule has 1 aliphatic heterocycles. The second-order valence-corrected chi connectivity index (χ2v) is 7.70. The number of benzene rings is 3. The van der Waals surface area contributed by atoms with Crippen LogP contribution in [0.3, 0.4) is 0 Å². The Bertz CT molecular complexity index is 1200. The Labute approximate surface area is 197 Å². The Morgan fingerprint density at radius 2 is 1.59 bits per heavy atom. The van der Waals surface area contributed by atoms with Crippen LogP contribution >= 0.6 is 0 Å². The maximum absolute atomic E-state index is 13.1. The largest absolute Gasteiger partial charge is 0.507 e. The second-order valence-electron chi connectivity index (χ2n) is 7.70. The van der Waals surface area contributed by atoms with Gasteiger partial charge in [-0.25, -0.2) is 0 Å². The van der Waals surface area contributed by atoms with Gasteiger partial charge in [0.1, 0.15) is 23.0 Å². The number of methoxy groups -OCH3 is 2. The maximum atomic E-state index is 13.1. The molecule has 0 aromatic heterocycles. The molecule has 4 rings (SSSR count). The van der Waals surface area contributed by atoms with E-state index in [0.717, 1.165) is 0 Å². The fourth-order valence-corrected chi connectivity index (χ4v) is 3.92. The molecule has 0 unspecified atom stereocenters. The van der Waals surface area contributed by atoms with Gasteiger partial charge in [0.2, 0.25) is 0 Å². The van der Waals surface area contributed by atoms with Crippen LogP contribution in [0.15, 0.2) is 84.4 Å². The number of aliphatic hydroxyl groups excluding tert-OH is 1. The summed E-state index contributed by atoms with van der Waals surface area (Å²) in [6, 6.07) is 22.3. The molecule has 1 fully saturated rings. The van der Waals surface area contributed by atoms with Crippen LogP contribution in [-0.4, -0.2) is 49.1 Å². The summed E-state index contributed by atoms with van der Waals surface area (Å²) in [5.41, 5.74) is 1.06. The number of carbonyl (C=O) groups is 2. The van der Waals surface area contributed by atoms with Crippen LogP contribution in [0.2, 0.25) is 0 Å². The van der Waals surface area contributed by atoms with Gasteiger partial charge in [0, 0.05) is 19.2 Å². The van der Waals surface area contributed by atoms with Crippen molar-refractivity contribution in [3.8, 4) is 17.2 Å². The molecule has 34 heavy (non-hydrogen) atoms. The summed E-state index contributed by atoms with van der Waals surface area (Å²) in [4.78, 5) is 27.4. The Kier molecular flexibility index (Phi) is 6.94. The average molecular weight is 459 g/mol. The van der Waals surface area contributed by atoms with Crippen molar-refractivity contribution in [2.75, 3.05) is 27.4 Å². The lowest BCUT2D eigenvalue weighted by atomic mass is 9.95. The van der Waals surface area contributed by atoms with Crippen molar-refractivity contribution in [3.63, 3.8) is 0 Å². The van der Waals surface area contributed by atoms with Gasteiger partial charge in [0.15, 0.2) is 0 Å². The Balaban J connectivity index is 1.78. The Morgan fingerprint density at radius 1 is 0.882 bits per heavy atom. The molecule has 0 aliphatic carbocycles. The van der Waals surface area contributed by atoms with E-state index in [4.69, 9.17) is 14.2 Å². The monoisotopic (exact) mass is 459 g/mol. The number of rotatable bonds is 8. The van der Waals surface area contributed by atoms with Gasteiger partial charge < -0.3 is 24.2 Å². The second kappa shape index (κ2) is 10.2. The highest BCUT2D eigenvalue weighted by Gasteiger charge is 2.46. The highest BCUT2D eigenvalue weighted by atomic mass is 16.5. The van der Waals surface area contributed by atoms with Gasteiger partial charge in [-0.3, -0.25) is 9.59 Å². The van der Waals surface area contributed by atoms with Crippen molar-refractivity contribution < 1.29 is 28.9 Å². The van der Waals surface area contributed by atoms with Crippen molar-refractivity contribution in [2.45, 2.75) is 6.04 Å². The predicted molar refractivity (Wildman–Crippen MR) is 127 cm³/mol. The maximum Gasteiger partial charge on any atom is 0.295 e. The number of para-hydroxylation sites is 1. The topological polar surface area (TPSA) is 85.3 Å². The summed E-state index contributed by atoms with van der Waals surface area (Å²) < 4.78 is 16.3. The van der Waals surface area contributed by atoms with Gasteiger partial charge in [-0.15, -0.1) is 0 Å². The third-order valence-electron chi connectivity index (χ3n) is 5.59. The fraction of sp³-hybridized carbons (Fsp3) is 0.185. The lowest BCUT2D eigenvalue weighted by molar-refractivity contribution is -0.140. The third kappa shape index (κ3) is 4.65. The zero-order chi connectivity index (χ0) is 24.1. The van der Waals surface area contributed by atoms with E-state index in [1.807, 2.05) is 30.3 Å². The molecular weight excluding hydrogens is 434 g/mol. The number of hydrogen-bond acceptors (Lipinski definition) is 6. The number of hydrogen-bond donors (Lipinski definition) is 1. The van der Waals surface area contributed by atoms with E-state index in [2.05, 4.69) is 0 Å².